The molecule has 0 saturated heterocycles. The van der Waals surface area contributed by atoms with Crippen molar-refractivity contribution >= 4 is 11.8 Å². The largest absolute Gasteiger partial charge is 0.461 e. The summed E-state index contributed by atoms with van der Waals surface area (Å²) in [5, 5.41) is 15.3. The second kappa shape index (κ2) is 6.53. The highest BCUT2D eigenvalue weighted by Crippen LogP contribution is 2.17. The SMILES string of the molecule is CCOC(=O)c1nn(C)c(C)c1CC1=NC=CCCN1O. The van der Waals surface area contributed by atoms with E-state index in [2.05, 4.69) is 10.1 Å². The summed E-state index contributed by atoms with van der Waals surface area (Å²) >= 11 is 0. The minimum absolute atomic E-state index is 0.279. The first-order valence-corrected chi connectivity index (χ1v) is 6.92. The lowest BCUT2D eigenvalue weighted by molar-refractivity contribution is -0.0140. The molecule has 0 aliphatic carbocycles. The van der Waals surface area contributed by atoms with Crippen LogP contribution >= 0.6 is 0 Å². The minimum atomic E-state index is -0.453. The highest BCUT2D eigenvalue weighted by molar-refractivity contribution is 5.92. The highest BCUT2D eigenvalue weighted by atomic mass is 16.5. The van der Waals surface area contributed by atoms with Crippen LogP contribution in [0.5, 0.6) is 0 Å². The van der Waals surface area contributed by atoms with Crippen molar-refractivity contribution in [3.63, 3.8) is 0 Å². The fourth-order valence-electron chi connectivity index (χ4n) is 2.13. The lowest BCUT2D eigenvalue weighted by atomic mass is 10.1. The minimum Gasteiger partial charge on any atom is -0.461 e. The van der Waals surface area contributed by atoms with Crippen LogP contribution in [0.15, 0.2) is 17.3 Å². The first-order chi connectivity index (χ1) is 10.0. The number of aryl methyl sites for hydroxylation is 1. The van der Waals surface area contributed by atoms with Crippen molar-refractivity contribution in [2.24, 2.45) is 12.0 Å². The van der Waals surface area contributed by atoms with E-state index in [1.807, 2.05) is 13.0 Å². The zero-order valence-corrected chi connectivity index (χ0v) is 12.5. The van der Waals surface area contributed by atoms with Crippen LogP contribution in [0.25, 0.3) is 0 Å². The number of aromatic nitrogens is 2. The molecule has 1 aliphatic rings. The zero-order valence-electron chi connectivity index (χ0n) is 12.5. The summed E-state index contributed by atoms with van der Waals surface area (Å²) in [5.74, 6) is 0.0378. The van der Waals surface area contributed by atoms with Crippen molar-refractivity contribution in [2.45, 2.75) is 26.7 Å². The maximum atomic E-state index is 12.0. The van der Waals surface area contributed by atoms with E-state index in [0.717, 1.165) is 22.7 Å². The van der Waals surface area contributed by atoms with Gasteiger partial charge in [-0.1, -0.05) is 6.08 Å². The fourth-order valence-corrected chi connectivity index (χ4v) is 2.13. The summed E-state index contributed by atoms with van der Waals surface area (Å²) in [6.45, 7) is 4.40. The molecular formula is C14H20N4O3. The van der Waals surface area contributed by atoms with Crippen LogP contribution in [-0.2, 0) is 18.2 Å². The van der Waals surface area contributed by atoms with Crippen LogP contribution in [0.4, 0.5) is 0 Å². The molecule has 0 amide bonds. The Labute approximate surface area is 123 Å². The van der Waals surface area contributed by atoms with E-state index in [-0.39, 0.29) is 5.69 Å². The van der Waals surface area contributed by atoms with Gasteiger partial charge in [0.2, 0.25) is 0 Å². The number of nitrogens with zero attached hydrogens (tertiary/aromatic N) is 4. The van der Waals surface area contributed by atoms with Crippen LogP contribution in [0.2, 0.25) is 0 Å². The van der Waals surface area contributed by atoms with Crippen molar-refractivity contribution in [1.29, 1.82) is 0 Å². The highest BCUT2D eigenvalue weighted by Gasteiger charge is 2.23. The van der Waals surface area contributed by atoms with Gasteiger partial charge in [-0.2, -0.15) is 5.10 Å². The number of amidine groups is 1. The van der Waals surface area contributed by atoms with Crippen molar-refractivity contribution in [3.8, 4) is 0 Å². The molecule has 1 N–H and O–H groups in total. The van der Waals surface area contributed by atoms with Crippen LogP contribution in [0.3, 0.4) is 0 Å². The number of ether oxygens (including phenoxy) is 1. The fraction of sp³-hybridized carbons (Fsp3) is 0.500. The molecule has 0 atom stereocenters. The number of hydrogen-bond acceptors (Lipinski definition) is 6. The predicted molar refractivity (Wildman–Crippen MR) is 77.3 cm³/mol. The van der Waals surface area contributed by atoms with Gasteiger partial charge in [0.1, 0.15) is 5.84 Å². The molecular weight excluding hydrogens is 272 g/mol. The van der Waals surface area contributed by atoms with E-state index in [1.54, 1.807) is 24.9 Å². The van der Waals surface area contributed by atoms with E-state index < -0.39 is 5.97 Å². The molecule has 21 heavy (non-hydrogen) atoms. The second-order valence-corrected chi connectivity index (χ2v) is 4.78. The van der Waals surface area contributed by atoms with Gasteiger partial charge in [-0.25, -0.2) is 14.9 Å². The molecule has 0 saturated carbocycles. The summed E-state index contributed by atoms with van der Waals surface area (Å²) in [5.41, 5.74) is 1.85. The number of rotatable bonds is 4. The van der Waals surface area contributed by atoms with Gasteiger partial charge in [0.15, 0.2) is 5.69 Å². The van der Waals surface area contributed by atoms with Crippen molar-refractivity contribution in [2.75, 3.05) is 13.2 Å². The van der Waals surface area contributed by atoms with Crippen LogP contribution in [0.1, 0.15) is 35.1 Å². The van der Waals surface area contributed by atoms with Crippen LogP contribution in [-0.4, -0.2) is 45.0 Å². The number of carbonyl (C=O) groups is 1. The van der Waals surface area contributed by atoms with Gasteiger partial charge in [-0.05, 0) is 20.3 Å². The standard InChI is InChI=1S/C14H20N4O3/c1-4-21-14(19)13-11(10(2)17(3)16-13)9-12-15-7-5-6-8-18(12)20/h5,7,20H,4,6,8-9H2,1-3H3. The Kier molecular flexibility index (Phi) is 4.74. The van der Waals surface area contributed by atoms with Crippen molar-refractivity contribution in [1.82, 2.24) is 14.8 Å². The van der Waals surface area contributed by atoms with Gasteiger partial charge in [-0.3, -0.25) is 9.89 Å². The Hall–Kier alpha value is -2.15. The Morgan fingerprint density at radius 3 is 3.00 bits per heavy atom. The zero-order chi connectivity index (χ0) is 15.4. The van der Waals surface area contributed by atoms with Crippen molar-refractivity contribution < 1.29 is 14.7 Å². The van der Waals surface area contributed by atoms with Crippen LogP contribution < -0.4 is 0 Å². The molecule has 7 nitrogen and oxygen atoms in total. The van der Waals surface area contributed by atoms with E-state index in [9.17, 15) is 10.0 Å². The second-order valence-electron chi connectivity index (χ2n) is 4.78. The maximum Gasteiger partial charge on any atom is 0.359 e. The molecule has 2 rings (SSSR count). The number of hydroxylamine groups is 2. The molecule has 1 aromatic heterocycles. The molecule has 0 bridgehead atoms. The van der Waals surface area contributed by atoms with Crippen LogP contribution in [0, 0.1) is 6.92 Å². The Morgan fingerprint density at radius 2 is 2.29 bits per heavy atom. The van der Waals surface area contributed by atoms with Gasteiger partial charge in [-0.15, -0.1) is 0 Å². The van der Waals surface area contributed by atoms with E-state index in [1.165, 1.54) is 0 Å². The predicted octanol–water partition coefficient (Wildman–Crippen LogP) is 1.45. The number of esters is 1. The molecule has 0 spiro atoms. The smallest absolute Gasteiger partial charge is 0.359 e. The third-order valence-electron chi connectivity index (χ3n) is 3.40. The molecule has 2 heterocycles. The monoisotopic (exact) mass is 292 g/mol. The molecule has 114 valence electrons. The quantitative estimate of drug-likeness (QED) is 0.850. The van der Waals surface area contributed by atoms with Gasteiger partial charge in [0.05, 0.1) is 13.2 Å². The third-order valence-corrected chi connectivity index (χ3v) is 3.40. The number of aliphatic imine (C=N–C) groups is 1. The summed E-state index contributed by atoms with van der Waals surface area (Å²) in [6, 6.07) is 0. The summed E-state index contributed by atoms with van der Waals surface area (Å²) < 4.78 is 6.67. The van der Waals surface area contributed by atoms with E-state index in [4.69, 9.17) is 4.74 Å². The summed E-state index contributed by atoms with van der Waals surface area (Å²) in [6.07, 6.45) is 4.61. The number of carbonyl (C=O) groups excluding carboxylic acids is 1. The van der Waals surface area contributed by atoms with Gasteiger partial charge >= 0.3 is 5.97 Å². The maximum absolute atomic E-state index is 12.0. The van der Waals surface area contributed by atoms with Gasteiger partial charge < -0.3 is 4.74 Å². The Balaban J connectivity index is 2.32. The Bertz CT molecular complexity index is 589. The normalized spacial score (nSPS) is 14.9. The molecule has 0 aromatic carbocycles. The average Bonchev–Trinajstić information content (AvgIpc) is 2.62. The summed E-state index contributed by atoms with van der Waals surface area (Å²) in [4.78, 5) is 16.2. The molecule has 7 heteroatoms. The van der Waals surface area contributed by atoms with Gasteiger partial charge in [0.25, 0.3) is 0 Å². The molecule has 1 aliphatic heterocycles. The van der Waals surface area contributed by atoms with Crippen molar-refractivity contribution in [3.05, 3.63) is 29.2 Å². The third kappa shape index (κ3) is 3.30. The summed E-state index contributed by atoms with van der Waals surface area (Å²) in [7, 11) is 1.77. The van der Waals surface area contributed by atoms with E-state index in [0.29, 0.717) is 25.4 Å². The topological polar surface area (TPSA) is 80.0 Å². The Morgan fingerprint density at radius 1 is 1.52 bits per heavy atom. The van der Waals surface area contributed by atoms with E-state index >= 15 is 0 Å². The lowest BCUT2D eigenvalue weighted by Crippen LogP contribution is -2.29. The number of hydrogen-bond donors (Lipinski definition) is 1. The average molecular weight is 292 g/mol. The molecule has 0 fully saturated rings. The van der Waals surface area contributed by atoms with Gasteiger partial charge in [0, 0.05) is 30.9 Å². The lowest BCUT2D eigenvalue weighted by Gasteiger charge is -2.17. The first-order valence-electron chi connectivity index (χ1n) is 6.92. The molecule has 1 aromatic rings. The molecule has 0 unspecified atom stereocenters. The molecule has 0 radical (unpaired) electrons. The first kappa shape index (κ1) is 15.2.